The number of halogens is 1. The SMILES string of the molecule is Cn1cc(C(=O)N2CCN(CC(=O)c3ccc(Cl)cc3)CC2)c2nn(-c3ccccc3)c(=O)c-2c1. The van der Waals surface area contributed by atoms with Crippen LogP contribution < -0.4 is 5.56 Å². The number of nitrogens with zero attached hydrogens (tertiary/aromatic N) is 5. The minimum atomic E-state index is -0.262. The lowest BCUT2D eigenvalue weighted by Crippen LogP contribution is -2.50. The van der Waals surface area contributed by atoms with Gasteiger partial charge in [0.2, 0.25) is 0 Å². The average Bonchev–Trinajstić information content (AvgIpc) is 3.20. The van der Waals surface area contributed by atoms with Crippen molar-refractivity contribution in [2.24, 2.45) is 7.05 Å². The maximum Gasteiger partial charge on any atom is 0.282 e. The van der Waals surface area contributed by atoms with Crippen molar-refractivity contribution in [1.29, 1.82) is 0 Å². The maximum absolute atomic E-state index is 13.5. The van der Waals surface area contributed by atoms with Crippen LogP contribution in [-0.4, -0.2) is 68.6 Å². The highest BCUT2D eigenvalue weighted by atomic mass is 35.5. The van der Waals surface area contributed by atoms with Crippen LogP contribution in [0.2, 0.25) is 5.02 Å². The molecule has 3 heterocycles. The van der Waals surface area contributed by atoms with Gasteiger partial charge in [-0.15, -0.1) is 0 Å². The van der Waals surface area contributed by atoms with Crippen molar-refractivity contribution < 1.29 is 9.59 Å². The molecule has 0 atom stereocenters. The molecule has 1 saturated heterocycles. The van der Waals surface area contributed by atoms with Crippen molar-refractivity contribution in [2.45, 2.75) is 0 Å². The first-order chi connectivity index (χ1) is 16.9. The van der Waals surface area contributed by atoms with E-state index >= 15 is 0 Å². The van der Waals surface area contributed by atoms with E-state index < -0.39 is 0 Å². The number of carbonyl (C=O) groups is 2. The molecule has 0 N–H and O–H groups in total. The molecule has 1 fully saturated rings. The standard InChI is InChI=1S/C26H24ClN5O3/c1-29-15-21(24-22(16-29)26(35)32(28-24)20-5-3-2-4-6-20)25(34)31-13-11-30(12-14-31)17-23(33)18-7-9-19(27)10-8-18/h2-10,15-16H,11-14,17H2,1H3. The predicted molar refractivity (Wildman–Crippen MR) is 134 cm³/mol. The number of piperazine rings is 1. The molecule has 5 rings (SSSR count). The molecule has 35 heavy (non-hydrogen) atoms. The highest BCUT2D eigenvalue weighted by molar-refractivity contribution is 6.30. The molecular weight excluding hydrogens is 466 g/mol. The summed E-state index contributed by atoms with van der Waals surface area (Å²) in [5.74, 6) is -0.153. The number of hydrogen-bond donors (Lipinski definition) is 0. The van der Waals surface area contributed by atoms with Crippen molar-refractivity contribution in [3.8, 4) is 16.9 Å². The van der Waals surface area contributed by atoms with Gasteiger partial charge in [-0.1, -0.05) is 29.8 Å². The highest BCUT2D eigenvalue weighted by Crippen LogP contribution is 2.24. The molecule has 2 aromatic rings. The summed E-state index contributed by atoms with van der Waals surface area (Å²) in [6, 6.07) is 16.0. The van der Waals surface area contributed by atoms with Gasteiger partial charge < -0.3 is 9.47 Å². The Morgan fingerprint density at radius 2 is 1.63 bits per heavy atom. The fraction of sp³-hybridized carbons (Fsp3) is 0.231. The van der Waals surface area contributed by atoms with Crippen molar-refractivity contribution >= 4 is 23.3 Å². The number of pyridine rings is 1. The average molecular weight is 490 g/mol. The molecular formula is C26H24ClN5O3. The van der Waals surface area contributed by atoms with E-state index in [4.69, 9.17) is 11.6 Å². The molecule has 0 radical (unpaired) electrons. The summed E-state index contributed by atoms with van der Waals surface area (Å²) in [5, 5.41) is 5.10. The summed E-state index contributed by atoms with van der Waals surface area (Å²) >= 11 is 5.91. The number of ketones is 1. The molecule has 0 bridgehead atoms. The minimum Gasteiger partial charge on any atom is -0.356 e. The van der Waals surface area contributed by atoms with E-state index in [1.807, 2.05) is 23.1 Å². The number of aryl methyl sites for hydroxylation is 1. The smallest absolute Gasteiger partial charge is 0.282 e. The third-order valence-corrected chi connectivity index (χ3v) is 6.47. The fourth-order valence-electron chi connectivity index (χ4n) is 4.35. The van der Waals surface area contributed by atoms with E-state index in [2.05, 4.69) is 5.10 Å². The third kappa shape index (κ3) is 4.62. The second-order valence-electron chi connectivity index (χ2n) is 8.65. The number of fused-ring (bicyclic) bond motifs is 1. The number of Topliss-reactive ketones (excluding diaryl/α,β-unsaturated/α-hetero) is 1. The lowest BCUT2D eigenvalue weighted by molar-refractivity contribution is 0.0624. The van der Waals surface area contributed by atoms with E-state index in [0.717, 1.165) is 0 Å². The second kappa shape index (κ2) is 9.48. The van der Waals surface area contributed by atoms with Crippen LogP contribution in [0, 0.1) is 0 Å². The Kier molecular flexibility index (Phi) is 6.23. The molecule has 0 saturated carbocycles. The van der Waals surface area contributed by atoms with Crippen molar-refractivity contribution in [3.05, 3.63) is 93.5 Å². The Balaban J connectivity index is 1.32. The topological polar surface area (TPSA) is 80.4 Å². The monoisotopic (exact) mass is 489 g/mol. The highest BCUT2D eigenvalue weighted by Gasteiger charge is 2.29. The summed E-state index contributed by atoms with van der Waals surface area (Å²) in [6.45, 7) is 2.42. The molecule has 0 unspecified atom stereocenters. The Morgan fingerprint density at radius 1 is 0.943 bits per heavy atom. The first kappa shape index (κ1) is 23.0. The summed E-state index contributed by atoms with van der Waals surface area (Å²) < 4.78 is 3.05. The molecule has 8 nitrogen and oxygen atoms in total. The Bertz CT molecular complexity index is 1400. The molecule has 9 heteroatoms. The molecule has 178 valence electrons. The molecule has 3 aliphatic rings. The van der Waals surface area contributed by atoms with Gasteiger partial charge in [0, 0.05) is 56.2 Å². The van der Waals surface area contributed by atoms with Crippen LogP contribution in [0.5, 0.6) is 0 Å². The number of carbonyl (C=O) groups excluding carboxylic acids is 2. The normalized spacial score (nSPS) is 14.4. The number of para-hydroxylation sites is 1. The van der Waals surface area contributed by atoms with E-state index in [1.165, 1.54) is 4.68 Å². The number of hydrogen-bond acceptors (Lipinski definition) is 5. The predicted octanol–water partition coefficient (Wildman–Crippen LogP) is 2.97. The quantitative estimate of drug-likeness (QED) is 0.403. The summed E-state index contributed by atoms with van der Waals surface area (Å²) in [4.78, 5) is 42.9. The number of amides is 1. The van der Waals surface area contributed by atoms with Gasteiger partial charge in [0.1, 0.15) is 5.69 Å². The largest absolute Gasteiger partial charge is 0.356 e. The van der Waals surface area contributed by atoms with Crippen molar-refractivity contribution in [3.63, 3.8) is 0 Å². The molecule has 2 aromatic carbocycles. The van der Waals surface area contributed by atoms with Gasteiger partial charge in [0.25, 0.3) is 11.5 Å². The number of aromatic nitrogens is 3. The zero-order chi connectivity index (χ0) is 24.5. The Hall–Kier alpha value is -3.75. The molecule has 1 amide bonds. The zero-order valence-corrected chi connectivity index (χ0v) is 20.0. The van der Waals surface area contributed by atoms with E-state index in [9.17, 15) is 14.4 Å². The second-order valence-corrected chi connectivity index (χ2v) is 9.09. The summed E-state index contributed by atoms with van der Waals surface area (Å²) in [6.07, 6.45) is 3.41. The minimum absolute atomic E-state index is 0.0210. The van der Waals surface area contributed by atoms with Crippen molar-refractivity contribution in [2.75, 3.05) is 32.7 Å². The summed E-state index contributed by atoms with van der Waals surface area (Å²) in [5.41, 5.74) is 2.18. The van der Waals surface area contributed by atoms with E-state index in [0.29, 0.717) is 59.3 Å². The lowest BCUT2D eigenvalue weighted by Gasteiger charge is -2.34. The zero-order valence-electron chi connectivity index (χ0n) is 19.2. The van der Waals surface area contributed by atoms with Crippen LogP contribution in [-0.2, 0) is 7.05 Å². The maximum atomic E-state index is 13.5. The van der Waals surface area contributed by atoms with Crippen LogP contribution >= 0.6 is 11.6 Å². The van der Waals surface area contributed by atoms with Crippen LogP contribution in [0.3, 0.4) is 0 Å². The van der Waals surface area contributed by atoms with E-state index in [-0.39, 0.29) is 23.8 Å². The van der Waals surface area contributed by atoms with Crippen LogP contribution in [0.25, 0.3) is 16.9 Å². The number of benzene rings is 2. The molecule has 0 aromatic heterocycles. The van der Waals surface area contributed by atoms with Gasteiger partial charge in [-0.3, -0.25) is 19.3 Å². The lowest BCUT2D eigenvalue weighted by atomic mass is 10.1. The van der Waals surface area contributed by atoms with Gasteiger partial charge in [0.05, 0.1) is 23.4 Å². The van der Waals surface area contributed by atoms with E-state index in [1.54, 1.807) is 65.3 Å². The Labute approximate surface area is 207 Å². The third-order valence-electron chi connectivity index (χ3n) is 6.22. The molecule has 0 aliphatic carbocycles. The molecule has 0 spiro atoms. The first-order valence-corrected chi connectivity index (χ1v) is 11.7. The van der Waals surface area contributed by atoms with Gasteiger partial charge in [-0.2, -0.15) is 9.78 Å². The fourth-order valence-corrected chi connectivity index (χ4v) is 4.47. The Morgan fingerprint density at radius 3 is 2.31 bits per heavy atom. The van der Waals surface area contributed by atoms with Gasteiger partial charge in [-0.25, -0.2) is 0 Å². The van der Waals surface area contributed by atoms with Gasteiger partial charge in [-0.05, 0) is 36.4 Å². The summed E-state index contributed by atoms with van der Waals surface area (Å²) in [7, 11) is 1.79. The van der Waals surface area contributed by atoms with Crippen molar-refractivity contribution in [1.82, 2.24) is 24.1 Å². The van der Waals surface area contributed by atoms with Gasteiger partial charge in [0.15, 0.2) is 5.78 Å². The van der Waals surface area contributed by atoms with Crippen LogP contribution in [0.15, 0.2) is 71.8 Å². The first-order valence-electron chi connectivity index (χ1n) is 11.4. The van der Waals surface area contributed by atoms with Gasteiger partial charge >= 0.3 is 0 Å². The van der Waals surface area contributed by atoms with Crippen LogP contribution in [0.4, 0.5) is 0 Å². The molecule has 3 aliphatic heterocycles. The van der Waals surface area contributed by atoms with Crippen LogP contribution in [0.1, 0.15) is 20.7 Å². The number of rotatable bonds is 5.